The fraction of sp³-hybridized carbons (Fsp3) is 0.0833. The van der Waals surface area contributed by atoms with Gasteiger partial charge in [-0.25, -0.2) is 4.98 Å². The normalized spacial score (nSPS) is 10.1. The second-order valence-electron chi connectivity index (χ2n) is 3.44. The fourth-order valence-electron chi connectivity index (χ4n) is 1.48. The van der Waals surface area contributed by atoms with E-state index in [-0.39, 0.29) is 0 Å². The van der Waals surface area contributed by atoms with Crippen LogP contribution in [0, 0.1) is 0 Å². The predicted molar refractivity (Wildman–Crippen MR) is 62.3 cm³/mol. The lowest BCUT2D eigenvalue weighted by Gasteiger charge is -2.05. The van der Waals surface area contributed by atoms with E-state index < -0.39 is 0 Å². The van der Waals surface area contributed by atoms with E-state index in [2.05, 4.69) is 17.1 Å². The van der Waals surface area contributed by atoms with Gasteiger partial charge in [-0.3, -0.25) is 0 Å². The quantitative estimate of drug-likeness (QED) is 0.775. The molecule has 2 rings (SSSR count). The Morgan fingerprint density at radius 3 is 2.33 bits per heavy atom. The molecule has 1 aromatic heterocycles. The van der Waals surface area contributed by atoms with Crippen LogP contribution in [-0.4, -0.2) is 4.98 Å². The maximum atomic E-state index is 5.78. The first-order valence-electron chi connectivity index (χ1n) is 4.80. The van der Waals surface area contributed by atoms with Crippen molar-refractivity contribution in [2.45, 2.75) is 6.42 Å². The fourth-order valence-corrected chi connectivity index (χ4v) is 1.48. The van der Waals surface area contributed by atoms with Gasteiger partial charge in [0.2, 0.25) is 0 Å². The monoisotopic (exact) mass is 199 g/mol. The van der Waals surface area contributed by atoms with Gasteiger partial charge in [-0.1, -0.05) is 36.4 Å². The maximum Gasteiger partial charge on any atom is 0.129 e. The molecule has 0 spiro atoms. The lowest BCUT2D eigenvalue weighted by Crippen LogP contribution is -2.01. The average Bonchev–Trinajstić information content (AvgIpc) is 2.24. The molecule has 0 aliphatic heterocycles. The minimum absolute atomic E-state index is 0.462. The van der Waals surface area contributed by atoms with E-state index in [9.17, 15) is 0 Å². The molecule has 1 aromatic carbocycles. The number of rotatable bonds is 2. The van der Waals surface area contributed by atoms with Crippen LogP contribution < -0.4 is 11.5 Å². The Hall–Kier alpha value is -2.03. The summed E-state index contributed by atoms with van der Waals surface area (Å²) in [5, 5.41) is 0. The third kappa shape index (κ3) is 2.26. The average molecular weight is 199 g/mol. The Labute approximate surface area is 88.8 Å². The van der Waals surface area contributed by atoms with Crippen LogP contribution in [0.15, 0.2) is 42.5 Å². The largest absolute Gasteiger partial charge is 0.384 e. The Bertz CT molecular complexity index is 452. The standard InChI is InChI=1S/C12H13N3/c13-11-7-6-10(12(14)15-11)8-9-4-2-1-3-5-9/h1-7H,8H2,(H4,13,14,15). The van der Waals surface area contributed by atoms with Crippen molar-refractivity contribution in [1.82, 2.24) is 4.98 Å². The molecule has 1 heterocycles. The number of nitrogens with two attached hydrogens (primary N) is 2. The Balaban J connectivity index is 2.25. The molecule has 0 bridgehead atoms. The summed E-state index contributed by atoms with van der Waals surface area (Å²) in [5.41, 5.74) is 13.5. The third-order valence-corrected chi connectivity index (χ3v) is 2.27. The zero-order valence-electron chi connectivity index (χ0n) is 8.35. The number of nitrogen functional groups attached to an aromatic ring is 2. The molecule has 0 amide bonds. The summed E-state index contributed by atoms with van der Waals surface area (Å²) in [5.74, 6) is 0.975. The van der Waals surface area contributed by atoms with E-state index in [0.29, 0.717) is 11.6 Å². The van der Waals surface area contributed by atoms with Gasteiger partial charge in [0.25, 0.3) is 0 Å². The molecule has 0 aliphatic rings. The summed E-state index contributed by atoms with van der Waals surface area (Å²) in [4.78, 5) is 4.03. The Kier molecular flexibility index (Phi) is 2.54. The molecule has 0 aliphatic carbocycles. The van der Waals surface area contributed by atoms with Crippen LogP contribution in [0.2, 0.25) is 0 Å². The smallest absolute Gasteiger partial charge is 0.129 e. The van der Waals surface area contributed by atoms with Crippen LogP contribution in [-0.2, 0) is 6.42 Å². The zero-order valence-corrected chi connectivity index (χ0v) is 8.35. The SMILES string of the molecule is Nc1ccc(Cc2ccccc2)c(N)n1. The van der Waals surface area contributed by atoms with E-state index >= 15 is 0 Å². The highest BCUT2D eigenvalue weighted by Crippen LogP contribution is 2.15. The Morgan fingerprint density at radius 1 is 0.933 bits per heavy atom. The molecule has 0 fully saturated rings. The molecule has 76 valence electrons. The topological polar surface area (TPSA) is 64.9 Å². The lowest BCUT2D eigenvalue weighted by atomic mass is 10.1. The summed E-state index contributed by atoms with van der Waals surface area (Å²) in [7, 11) is 0. The first-order valence-corrected chi connectivity index (χ1v) is 4.80. The second kappa shape index (κ2) is 4.00. The molecule has 4 N–H and O–H groups in total. The molecule has 0 unspecified atom stereocenters. The number of nitrogens with zero attached hydrogens (tertiary/aromatic N) is 1. The van der Waals surface area contributed by atoms with E-state index in [1.54, 1.807) is 6.07 Å². The maximum absolute atomic E-state index is 5.78. The second-order valence-corrected chi connectivity index (χ2v) is 3.44. The number of anilines is 2. The highest BCUT2D eigenvalue weighted by molar-refractivity contribution is 5.47. The highest BCUT2D eigenvalue weighted by atomic mass is 14.9. The summed E-state index contributed by atoms with van der Waals surface area (Å²) < 4.78 is 0. The minimum Gasteiger partial charge on any atom is -0.384 e. The van der Waals surface area contributed by atoms with Crippen molar-refractivity contribution in [2.24, 2.45) is 0 Å². The number of pyridine rings is 1. The van der Waals surface area contributed by atoms with Gasteiger partial charge < -0.3 is 11.5 Å². The van der Waals surface area contributed by atoms with Gasteiger partial charge >= 0.3 is 0 Å². The van der Waals surface area contributed by atoms with Crippen LogP contribution in [0.3, 0.4) is 0 Å². The lowest BCUT2D eigenvalue weighted by molar-refractivity contribution is 1.16. The van der Waals surface area contributed by atoms with Gasteiger partial charge in [0.15, 0.2) is 0 Å². The first-order chi connectivity index (χ1) is 7.25. The molecular weight excluding hydrogens is 186 g/mol. The minimum atomic E-state index is 0.462. The number of hydrogen-bond acceptors (Lipinski definition) is 3. The molecular formula is C12H13N3. The third-order valence-electron chi connectivity index (χ3n) is 2.27. The molecule has 0 saturated heterocycles. The van der Waals surface area contributed by atoms with E-state index in [1.165, 1.54) is 5.56 Å². The van der Waals surface area contributed by atoms with Gasteiger partial charge in [-0.2, -0.15) is 0 Å². The number of hydrogen-bond donors (Lipinski definition) is 2. The van der Waals surface area contributed by atoms with Crippen LogP contribution in [0.25, 0.3) is 0 Å². The van der Waals surface area contributed by atoms with Crippen molar-refractivity contribution in [3.63, 3.8) is 0 Å². The summed E-state index contributed by atoms with van der Waals surface area (Å²) in [6.07, 6.45) is 0.792. The van der Waals surface area contributed by atoms with Gasteiger partial charge in [0, 0.05) is 6.42 Å². The Morgan fingerprint density at radius 2 is 1.67 bits per heavy atom. The van der Waals surface area contributed by atoms with Gasteiger partial charge in [0.1, 0.15) is 11.6 Å². The van der Waals surface area contributed by atoms with Crippen molar-refractivity contribution in [3.05, 3.63) is 53.6 Å². The molecule has 15 heavy (non-hydrogen) atoms. The van der Waals surface area contributed by atoms with Crippen LogP contribution >= 0.6 is 0 Å². The van der Waals surface area contributed by atoms with Gasteiger partial charge in [-0.05, 0) is 17.2 Å². The molecule has 3 heteroatoms. The van der Waals surface area contributed by atoms with Crippen molar-refractivity contribution < 1.29 is 0 Å². The molecule has 0 saturated carbocycles. The van der Waals surface area contributed by atoms with Crippen molar-refractivity contribution >= 4 is 11.6 Å². The van der Waals surface area contributed by atoms with Crippen molar-refractivity contribution in [1.29, 1.82) is 0 Å². The summed E-state index contributed by atoms with van der Waals surface area (Å²) in [6, 6.07) is 13.8. The van der Waals surface area contributed by atoms with Gasteiger partial charge in [0.05, 0.1) is 0 Å². The van der Waals surface area contributed by atoms with Crippen LogP contribution in [0.5, 0.6) is 0 Å². The van der Waals surface area contributed by atoms with Crippen molar-refractivity contribution in [3.8, 4) is 0 Å². The van der Waals surface area contributed by atoms with E-state index in [0.717, 1.165) is 12.0 Å². The van der Waals surface area contributed by atoms with Crippen LogP contribution in [0.4, 0.5) is 11.6 Å². The van der Waals surface area contributed by atoms with Crippen molar-refractivity contribution in [2.75, 3.05) is 11.5 Å². The van der Waals surface area contributed by atoms with Gasteiger partial charge in [-0.15, -0.1) is 0 Å². The summed E-state index contributed by atoms with van der Waals surface area (Å²) in [6.45, 7) is 0. The molecule has 2 aromatic rings. The van der Waals surface area contributed by atoms with Crippen LogP contribution in [0.1, 0.15) is 11.1 Å². The molecule has 0 atom stereocenters. The highest BCUT2D eigenvalue weighted by Gasteiger charge is 2.01. The van der Waals surface area contributed by atoms with E-state index in [1.807, 2.05) is 24.3 Å². The molecule has 0 radical (unpaired) electrons. The first kappa shape index (κ1) is 9.52. The molecule has 3 nitrogen and oxygen atoms in total. The number of aromatic nitrogens is 1. The zero-order chi connectivity index (χ0) is 10.7. The van der Waals surface area contributed by atoms with E-state index in [4.69, 9.17) is 11.5 Å². The predicted octanol–water partition coefficient (Wildman–Crippen LogP) is 1.84. The number of benzene rings is 1. The summed E-state index contributed by atoms with van der Waals surface area (Å²) >= 11 is 0.